The Labute approximate surface area is 134 Å². The normalized spacial score (nSPS) is 19.7. The molecule has 0 fully saturated rings. The van der Waals surface area contributed by atoms with E-state index in [0.29, 0.717) is 13.0 Å². The van der Waals surface area contributed by atoms with Gasteiger partial charge in [0.1, 0.15) is 0 Å². The quantitative estimate of drug-likeness (QED) is 0.834. The molecule has 0 amide bonds. The average Bonchev–Trinajstić information content (AvgIpc) is 2.46. The molecule has 22 heavy (non-hydrogen) atoms. The molecule has 2 heteroatoms. The third kappa shape index (κ3) is 4.08. The second-order valence-corrected chi connectivity index (χ2v) is 7.03. The minimum atomic E-state index is -0.467. The molecular formula is C20H29NO. The lowest BCUT2D eigenvalue weighted by molar-refractivity contribution is 0.170. The second-order valence-electron chi connectivity index (χ2n) is 7.03. The van der Waals surface area contributed by atoms with Gasteiger partial charge in [-0.1, -0.05) is 49.8 Å². The lowest BCUT2D eigenvalue weighted by atomic mass is 9.72. The Hall–Kier alpha value is -1.38. The first-order chi connectivity index (χ1) is 10.4. The SMILES string of the molecule is CC1=C(C=Cc2cccc(C(O)CCN)c2)C(C)(C)CCC1. The highest BCUT2D eigenvalue weighted by atomic mass is 16.3. The summed E-state index contributed by atoms with van der Waals surface area (Å²) in [6.07, 6.45) is 8.32. The predicted molar refractivity (Wildman–Crippen MR) is 94.4 cm³/mol. The van der Waals surface area contributed by atoms with Crippen LogP contribution in [0.3, 0.4) is 0 Å². The van der Waals surface area contributed by atoms with Gasteiger partial charge in [-0.25, -0.2) is 0 Å². The number of aliphatic hydroxyl groups excluding tert-OH is 1. The molecule has 0 spiro atoms. The van der Waals surface area contributed by atoms with Crippen LogP contribution in [0.15, 0.2) is 41.5 Å². The lowest BCUT2D eigenvalue weighted by Gasteiger charge is -2.32. The third-order valence-corrected chi connectivity index (χ3v) is 4.72. The van der Waals surface area contributed by atoms with Gasteiger partial charge in [-0.3, -0.25) is 0 Å². The molecule has 0 saturated heterocycles. The molecule has 1 unspecified atom stereocenters. The van der Waals surface area contributed by atoms with E-state index in [2.05, 4.69) is 45.1 Å². The van der Waals surface area contributed by atoms with E-state index < -0.39 is 6.10 Å². The van der Waals surface area contributed by atoms with Gasteiger partial charge in [0.25, 0.3) is 0 Å². The maximum atomic E-state index is 10.1. The van der Waals surface area contributed by atoms with Gasteiger partial charge in [0.05, 0.1) is 6.10 Å². The molecule has 1 aliphatic carbocycles. The summed E-state index contributed by atoms with van der Waals surface area (Å²) >= 11 is 0. The largest absolute Gasteiger partial charge is 0.388 e. The van der Waals surface area contributed by atoms with Crippen molar-refractivity contribution in [3.63, 3.8) is 0 Å². The van der Waals surface area contributed by atoms with E-state index in [1.807, 2.05) is 12.1 Å². The molecule has 0 saturated carbocycles. The summed E-state index contributed by atoms with van der Waals surface area (Å²) in [5.74, 6) is 0. The minimum Gasteiger partial charge on any atom is -0.388 e. The Bertz CT molecular complexity index is 569. The van der Waals surface area contributed by atoms with Crippen molar-refractivity contribution in [1.82, 2.24) is 0 Å². The van der Waals surface area contributed by atoms with Crippen molar-refractivity contribution in [2.45, 2.75) is 52.6 Å². The van der Waals surface area contributed by atoms with E-state index in [-0.39, 0.29) is 5.41 Å². The van der Waals surface area contributed by atoms with Crippen LogP contribution in [0.5, 0.6) is 0 Å². The summed E-state index contributed by atoms with van der Waals surface area (Å²) in [5.41, 5.74) is 10.8. The second kappa shape index (κ2) is 7.26. The fraction of sp³-hybridized carbons (Fsp3) is 0.500. The molecule has 1 aromatic rings. The number of nitrogens with two attached hydrogens (primary N) is 1. The Morgan fingerprint density at radius 1 is 1.32 bits per heavy atom. The van der Waals surface area contributed by atoms with Crippen LogP contribution in [0, 0.1) is 5.41 Å². The van der Waals surface area contributed by atoms with Gasteiger partial charge in [0.2, 0.25) is 0 Å². The Morgan fingerprint density at radius 2 is 2.09 bits per heavy atom. The maximum Gasteiger partial charge on any atom is 0.0802 e. The van der Waals surface area contributed by atoms with Gasteiger partial charge in [0.15, 0.2) is 0 Å². The predicted octanol–water partition coefficient (Wildman–Crippen LogP) is 4.61. The highest BCUT2D eigenvalue weighted by Crippen LogP contribution is 2.40. The zero-order chi connectivity index (χ0) is 16.2. The third-order valence-electron chi connectivity index (χ3n) is 4.72. The first kappa shape index (κ1) is 17.0. The van der Waals surface area contributed by atoms with E-state index in [4.69, 9.17) is 5.73 Å². The van der Waals surface area contributed by atoms with Crippen LogP contribution in [0.2, 0.25) is 0 Å². The van der Waals surface area contributed by atoms with Crippen molar-refractivity contribution in [2.75, 3.05) is 6.54 Å². The number of rotatable bonds is 5. The highest BCUT2D eigenvalue weighted by molar-refractivity contribution is 5.55. The fourth-order valence-electron chi connectivity index (χ4n) is 3.38. The van der Waals surface area contributed by atoms with E-state index in [0.717, 1.165) is 11.1 Å². The monoisotopic (exact) mass is 299 g/mol. The van der Waals surface area contributed by atoms with Crippen LogP contribution in [0.4, 0.5) is 0 Å². The molecule has 1 atom stereocenters. The zero-order valence-electron chi connectivity index (χ0n) is 14.1. The van der Waals surface area contributed by atoms with Crippen molar-refractivity contribution in [3.05, 3.63) is 52.6 Å². The summed E-state index contributed by atoms with van der Waals surface area (Å²) in [4.78, 5) is 0. The molecule has 0 heterocycles. The average molecular weight is 299 g/mol. The number of aliphatic hydroxyl groups is 1. The van der Waals surface area contributed by atoms with Crippen molar-refractivity contribution < 1.29 is 5.11 Å². The molecule has 120 valence electrons. The van der Waals surface area contributed by atoms with Gasteiger partial charge >= 0.3 is 0 Å². The lowest BCUT2D eigenvalue weighted by Crippen LogP contribution is -2.18. The number of allylic oxidation sites excluding steroid dienone is 3. The van der Waals surface area contributed by atoms with Crippen molar-refractivity contribution >= 4 is 6.08 Å². The molecule has 0 aromatic heterocycles. The first-order valence-electron chi connectivity index (χ1n) is 8.30. The summed E-state index contributed by atoms with van der Waals surface area (Å²) in [6.45, 7) is 7.41. The van der Waals surface area contributed by atoms with Gasteiger partial charge in [-0.05, 0) is 67.3 Å². The standard InChI is InChI=1S/C20H29NO/c1-15-6-5-12-20(2,3)18(15)10-9-16-7-4-8-17(14-16)19(22)11-13-21/h4,7-10,14,19,22H,5-6,11-13,21H2,1-3H3. The van der Waals surface area contributed by atoms with Crippen molar-refractivity contribution in [1.29, 1.82) is 0 Å². The molecule has 3 N–H and O–H groups in total. The van der Waals surface area contributed by atoms with Crippen molar-refractivity contribution in [2.24, 2.45) is 11.1 Å². The summed E-state index contributed by atoms with van der Waals surface area (Å²) in [5, 5.41) is 10.1. The highest BCUT2D eigenvalue weighted by Gasteiger charge is 2.26. The van der Waals surface area contributed by atoms with Crippen LogP contribution in [-0.2, 0) is 0 Å². The van der Waals surface area contributed by atoms with Gasteiger partial charge in [-0.2, -0.15) is 0 Å². The van der Waals surface area contributed by atoms with Crippen LogP contribution >= 0.6 is 0 Å². The summed E-state index contributed by atoms with van der Waals surface area (Å²) in [7, 11) is 0. The topological polar surface area (TPSA) is 46.2 Å². The van der Waals surface area contributed by atoms with Crippen LogP contribution < -0.4 is 5.73 Å². The van der Waals surface area contributed by atoms with Crippen molar-refractivity contribution in [3.8, 4) is 0 Å². The molecule has 0 bridgehead atoms. The summed E-state index contributed by atoms with van der Waals surface area (Å²) < 4.78 is 0. The van der Waals surface area contributed by atoms with E-state index in [1.54, 1.807) is 0 Å². The Morgan fingerprint density at radius 3 is 2.77 bits per heavy atom. The first-order valence-corrected chi connectivity index (χ1v) is 8.30. The Kier molecular flexibility index (Phi) is 5.60. The van der Waals surface area contributed by atoms with Crippen LogP contribution in [0.25, 0.3) is 6.08 Å². The zero-order valence-corrected chi connectivity index (χ0v) is 14.1. The van der Waals surface area contributed by atoms with E-state index >= 15 is 0 Å². The molecule has 2 nitrogen and oxygen atoms in total. The van der Waals surface area contributed by atoms with Gasteiger partial charge in [0, 0.05) is 0 Å². The van der Waals surface area contributed by atoms with Gasteiger partial charge < -0.3 is 10.8 Å². The molecule has 2 rings (SSSR count). The Balaban J connectivity index is 2.21. The number of hydrogen-bond donors (Lipinski definition) is 2. The minimum absolute atomic E-state index is 0.259. The fourth-order valence-corrected chi connectivity index (χ4v) is 3.38. The molecule has 1 aromatic carbocycles. The van der Waals surface area contributed by atoms with Gasteiger partial charge in [-0.15, -0.1) is 0 Å². The molecule has 0 radical (unpaired) electrons. The number of hydrogen-bond acceptors (Lipinski definition) is 2. The molecule has 1 aliphatic rings. The van der Waals surface area contributed by atoms with Crippen LogP contribution in [-0.4, -0.2) is 11.7 Å². The number of benzene rings is 1. The van der Waals surface area contributed by atoms with E-state index in [1.165, 1.54) is 30.4 Å². The smallest absolute Gasteiger partial charge is 0.0802 e. The molecule has 0 aliphatic heterocycles. The van der Waals surface area contributed by atoms with Crippen LogP contribution in [0.1, 0.15) is 63.7 Å². The molecular weight excluding hydrogens is 270 g/mol. The van der Waals surface area contributed by atoms with E-state index in [9.17, 15) is 5.11 Å². The maximum absolute atomic E-state index is 10.1. The summed E-state index contributed by atoms with van der Waals surface area (Å²) in [6, 6.07) is 8.11.